The first-order chi connectivity index (χ1) is 11.5. The molecule has 128 valence electrons. The molecule has 1 atom stereocenters. The van der Waals surface area contributed by atoms with Crippen LogP contribution in [0.15, 0.2) is 48.5 Å². The Kier molecular flexibility index (Phi) is 4.92. The molecule has 0 aliphatic carbocycles. The lowest BCUT2D eigenvalue weighted by atomic mass is 9.85. The quantitative estimate of drug-likeness (QED) is 0.871. The van der Waals surface area contributed by atoms with E-state index in [0.29, 0.717) is 5.56 Å². The largest absolute Gasteiger partial charge is 0.416 e. The third kappa shape index (κ3) is 3.62. The fraction of sp³-hybridized carbons (Fsp3) is 0.368. The molecule has 1 aliphatic rings. The lowest BCUT2D eigenvalue weighted by Gasteiger charge is -2.28. The van der Waals surface area contributed by atoms with Gasteiger partial charge in [0, 0.05) is 0 Å². The number of nitrogens with one attached hydrogen (secondary N) is 1. The first-order valence-corrected chi connectivity index (χ1v) is 8.12. The van der Waals surface area contributed by atoms with Gasteiger partial charge in [0.15, 0.2) is 0 Å². The molecule has 5 heteroatoms. The lowest BCUT2D eigenvalue weighted by Crippen LogP contribution is -2.31. The van der Waals surface area contributed by atoms with Crippen LogP contribution in [0.1, 0.15) is 30.1 Å². The summed E-state index contributed by atoms with van der Waals surface area (Å²) in [6.45, 7) is 1.76. The van der Waals surface area contributed by atoms with Gasteiger partial charge in [-0.3, -0.25) is 0 Å². The fourth-order valence-corrected chi connectivity index (χ4v) is 3.27. The molecular formula is C19H20F3NO. The Morgan fingerprint density at radius 3 is 2.21 bits per heavy atom. The van der Waals surface area contributed by atoms with E-state index in [-0.39, 0.29) is 5.92 Å². The van der Waals surface area contributed by atoms with Gasteiger partial charge in [0.25, 0.3) is 0 Å². The minimum Gasteiger partial charge on any atom is -0.388 e. The van der Waals surface area contributed by atoms with Crippen molar-refractivity contribution in [3.05, 3.63) is 59.7 Å². The van der Waals surface area contributed by atoms with Crippen LogP contribution >= 0.6 is 0 Å². The van der Waals surface area contributed by atoms with E-state index in [0.717, 1.165) is 49.2 Å². The van der Waals surface area contributed by atoms with Crippen LogP contribution in [0.25, 0.3) is 11.1 Å². The number of hydrogen-bond donors (Lipinski definition) is 2. The Hall–Kier alpha value is -1.85. The van der Waals surface area contributed by atoms with E-state index >= 15 is 0 Å². The van der Waals surface area contributed by atoms with Crippen LogP contribution in [-0.2, 0) is 6.18 Å². The molecule has 24 heavy (non-hydrogen) atoms. The van der Waals surface area contributed by atoms with Crippen LogP contribution in [-0.4, -0.2) is 18.2 Å². The lowest BCUT2D eigenvalue weighted by molar-refractivity contribution is -0.137. The van der Waals surface area contributed by atoms with Crippen molar-refractivity contribution in [1.29, 1.82) is 0 Å². The molecule has 0 spiro atoms. The summed E-state index contributed by atoms with van der Waals surface area (Å²) in [7, 11) is 0. The highest BCUT2D eigenvalue weighted by Gasteiger charge is 2.30. The summed E-state index contributed by atoms with van der Waals surface area (Å²) < 4.78 is 38.2. The minimum atomic E-state index is -4.34. The van der Waals surface area contributed by atoms with Crippen molar-refractivity contribution in [3.63, 3.8) is 0 Å². The number of aliphatic hydroxyl groups is 1. The van der Waals surface area contributed by atoms with Crippen LogP contribution in [0.3, 0.4) is 0 Å². The van der Waals surface area contributed by atoms with Crippen molar-refractivity contribution in [2.75, 3.05) is 13.1 Å². The third-order valence-corrected chi connectivity index (χ3v) is 4.63. The smallest absolute Gasteiger partial charge is 0.388 e. The first-order valence-electron chi connectivity index (χ1n) is 8.12. The van der Waals surface area contributed by atoms with Gasteiger partial charge in [0.1, 0.15) is 0 Å². The second kappa shape index (κ2) is 6.95. The molecule has 1 fully saturated rings. The molecule has 1 unspecified atom stereocenters. The highest BCUT2D eigenvalue weighted by molar-refractivity contribution is 5.68. The summed E-state index contributed by atoms with van der Waals surface area (Å²) in [6, 6.07) is 12.5. The number of hydrogen-bond acceptors (Lipinski definition) is 2. The Balaban J connectivity index is 1.91. The van der Waals surface area contributed by atoms with E-state index in [9.17, 15) is 18.3 Å². The topological polar surface area (TPSA) is 32.3 Å². The predicted octanol–water partition coefficient (Wildman–Crippen LogP) is 4.41. The van der Waals surface area contributed by atoms with Gasteiger partial charge in [-0.25, -0.2) is 0 Å². The summed E-state index contributed by atoms with van der Waals surface area (Å²) in [5, 5.41) is 14.0. The molecule has 1 aliphatic heterocycles. The van der Waals surface area contributed by atoms with Crippen LogP contribution in [0.2, 0.25) is 0 Å². The molecule has 2 N–H and O–H groups in total. The van der Waals surface area contributed by atoms with E-state index in [1.54, 1.807) is 0 Å². The van der Waals surface area contributed by atoms with Crippen molar-refractivity contribution >= 4 is 0 Å². The van der Waals surface area contributed by atoms with E-state index in [4.69, 9.17) is 0 Å². The summed E-state index contributed by atoms with van der Waals surface area (Å²) >= 11 is 0. The molecule has 1 saturated heterocycles. The Labute approximate surface area is 139 Å². The maximum Gasteiger partial charge on any atom is 0.416 e. The normalized spacial score (nSPS) is 17.7. The van der Waals surface area contributed by atoms with Gasteiger partial charge in [-0.2, -0.15) is 13.2 Å². The molecule has 2 aromatic rings. The van der Waals surface area contributed by atoms with Crippen molar-refractivity contribution in [3.8, 4) is 11.1 Å². The maximum absolute atomic E-state index is 12.7. The Morgan fingerprint density at radius 1 is 0.958 bits per heavy atom. The molecule has 2 nitrogen and oxygen atoms in total. The zero-order valence-corrected chi connectivity index (χ0v) is 13.2. The highest BCUT2D eigenvalue weighted by atomic mass is 19.4. The summed E-state index contributed by atoms with van der Waals surface area (Å²) in [5.74, 6) is 0.168. The second-order valence-corrected chi connectivity index (χ2v) is 6.19. The third-order valence-electron chi connectivity index (χ3n) is 4.63. The zero-order chi connectivity index (χ0) is 17.2. The van der Waals surface area contributed by atoms with Gasteiger partial charge in [0.2, 0.25) is 0 Å². The van der Waals surface area contributed by atoms with Crippen molar-refractivity contribution in [2.24, 2.45) is 5.92 Å². The molecular weight excluding hydrogens is 315 g/mol. The molecule has 0 saturated carbocycles. The maximum atomic E-state index is 12.7. The van der Waals surface area contributed by atoms with Crippen LogP contribution < -0.4 is 5.32 Å². The van der Waals surface area contributed by atoms with Crippen LogP contribution in [0.4, 0.5) is 13.2 Å². The van der Waals surface area contributed by atoms with E-state index in [2.05, 4.69) is 5.32 Å². The average molecular weight is 335 g/mol. The molecule has 2 aromatic carbocycles. The monoisotopic (exact) mass is 335 g/mol. The van der Waals surface area contributed by atoms with Crippen LogP contribution in [0.5, 0.6) is 0 Å². The molecule has 0 amide bonds. The van der Waals surface area contributed by atoms with Gasteiger partial charge < -0.3 is 10.4 Å². The number of piperidine rings is 1. The summed E-state index contributed by atoms with van der Waals surface area (Å²) in [4.78, 5) is 0. The van der Waals surface area contributed by atoms with Gasteiger partial charge in [-0.1, -0.05) is 36.4 Å². The van der Waals surface area contributed by atoms with Gasteiger partial charge in [-0.05, 0) is 60.7 Å². The molecule has 0 radical (unpaired) electrons. The molecule has 1 heterocycles. The van der Waals surface area contributed by atoms with Crippen molar-refractivity contribution < 1.29 is 18.3 Å². The van der Waals surface area contributed by atoms with E-state index < -0.39 is 17.8 Å². The Morgan fingerprint density at radius 2 is 1.58 bits per heavy atom. The molecule has 3 rings (SSSR count). The predicted molar refractivity (Wildman–Crippen MR) is 87.4 cm³/mol. The average Bonchev–Trinajstić information content (AvgIpc) is 2.61. The second-order valence-electron chi connectivity index (χ2n) is 6.19. The van der Waals surface area contributed by atoms with E-state index in [1.165, 1.54) is 12.1 Å². The number of benzene rings is 2. The highest BCUT2D eigenvalue weighted by Crippen LogP contribution is 2.36. The van der Waals surface area contributed by atoms with Crippen molar-refractivity contribution in [2.45, 2.75) is 25.1 Å². The molecule has 0 aromatic heterocycles. The fourth-order valence-electron chi connectivity index (χ4n) is 3.27. The number of rotatable bonds is 3. The standard InChI is InChI=1S/C19H20F3NO/c20-19(21,22)15-7-5-13(6-8-15)16-3-1-2-4-17(16)18(24)14-9-11-23-12-10-14/h1-8,14,18,23-24H,9-12H2. The van der Waals surface area contributed by atoms with Gasteiger partial charge in [-0.15, -0.1) is 0 Å². The summed E-state index contributed by atoms with van der Waals surface area (Å²) in [5.41, 5.74) is 1.59. The number of aliphatic hydroxyl groups excluding tert-OH is 1. The number of halogens is 3. The SMILES string of the molecule is OC(c1ccccc1-c1ccc(C(F)(F)F)cc1)C1CCNCC1. The van der Waals surface area contributed by atoms with E-state index in [1.807, 2.05) is 24.3 Å². The van der Waals surface area contributed by atoms with Gasteiger partial charge >= 0.3 is 6.18 Å². The zero-order valence-electron chi connectivity index (χ0n) is 13.2. The van der Waals surface area contributed by atoms with Gasteiger partial charge in [0.05, 0.1) is 11.7 Å². The molecule has 0 bridgehead atoms. The summed E-state index contributed by atoms with van der Waals surface area (Å²) in [6.07, 6.45) is -3.16. The number of alkyl halides is 3. The minimum absolute atomic E-state index is 0.168. The Bertz CT molecular complexity index is 676. The van der Waals surface area contributed by atoms with Crippen molar-refractivity contribution in [1.82, 2.24) is 5.32 Å². The first kappa shape index (κ1) is 17.0. The van der Waals surface area contributed by atoms with Crippen LogP contribution in [0, 0.1) is 5.92 Å².